The van der Waals surface area contributed by atoms with Crippen LogP contribution in [0, 0.1) is 5.82 Å². The fraction of sp³-hybridized carbons (Fsp3) is 0.278. The van der Waals surface area contributed by atoms with Crippen LogP contribution in [0.5, 0.6) is 0 Å². The van der Waals surface area contributed by atoms with Crippen LogP contribution < -0.4 is 10.0 Å². The molecule has 1 amide bonds. The van der Waals surface area contributed by atoms with E-state index in [1.54, 1.807) is 24.3 Å². The van der Waals surface area contributed by atoms with Crippen molar-refractivity contribution in [3.8, 4) is 0 Å². The molecule has 2 N–H and O–H groups in total. The van der Waals surface area contributed by atoms with E-state index in [4.69, 9.17) is 0 Å². The maximum Gasteiger partial charge on any atom is 0.240 e. The smallest absolute Gasteiger partial charge is 0.240 e. The molecule has 1 saturated carbocycles. The molecular weight excluding hydrogens is 375 g/mol. The van der Waals surface area contributed by atoms with Gasteiger partial charge in [0.15, 0.2) is 0 Å². The number of sulfonamides is 1. The molecule has 0 atom stereocenters. The monoisotopic (exact) mass is 394 g/mol. The number of anilines is 1. The van der Waals surface area contributed by atoms with Gasteiger partial charge in [0.2, 0.25) is 15.9 Å². The Bertz CT molecular complexity index is 882. The standard InChI is InChI=1S/C18H19FN2O3S2/c19-13-4-8-16(9-5-13)25-11-10-18(22)20-15-2-1-3-17(12-15)26(23,24)21-14-6-7-14/h1-5,8-9,12,14,21H,6-7,10-11H2,(H,20,22). The van der Waals surface area contributed by atoms with Crippen LogP contribution in [0.15, 0.2) is 58.3 Å². The van der Waals surface area contributed by atoms with Crippen LogP contribution in [0.1, 0.15) is 19.3 Å². The molecule has 0 saturated heterocycles. The number of thioether (sulfide) groups is 1. The number of rotatable bonds is 8. The van der Waals surface area contributed by atoms with Crippen LogP contribution in [-0.2, 0) is 14.8 Å². The average molecular weight is 394 g/mol. The quantitative estimate of drug-likeness (QED) is 0.673. The maximum absolute atomic E-state index is 12.8. The Hall–Kier alpha value is -1.90. The largest absolute Gasteiger partial charge is 0.326 e. The molecule has 1 aliphatic rings. The summed E-state index contributed by atoms with van der Waals surface area (Å²) >= 11 is 1.46. The van der Waals surface area contributed by atoms with Crippen molar-refractivity contribution in [3.63, 3.8) is 0 Å². The second-order valence-corrected chi connectivity index (χ2v) is 8.91. The van der Waals surface area contributed by atoms with Gasteiger partial charge in [-0.25, -0.2) is 17.5 Å². The highest BCUT2D eigenvalue weighted by molar-refractivity contribution is 7.99. The Kier molecular flexibility index (Phi) is 5.95. The number of hydrogen-bond acceptors (Lipinski definition) is 4. The molecule has 2 aromatic rings. The highest BCUT2D eigenvalue weighted by Crippen LogP contribution is 2.23. The van der Waals surface area contributed by atoms with Gasteiger partial charge in [0.05, 0.1) is 4.90 Å². The van der Waals surface area contributed by atoms with Crippen molar-refractivity contribution in [1.82, 2.24) is 4.72 Å². The second kappa shape index (κ2) is 8.20. The van der Waals surface area contributed by atoms with Crippen molar-refractivity contribution in [2.75, 3.05) is 11.1 Å². The predicted molar refractivity (Wildman–Crippen MR) is 100 cm³/mol. The van der Waals surface area contributed by atoms with E-state index in [0.717, 1.165) is 17.7 Å². The van der Waals surface area contributed by atoms with Gasteiger partial charge < -0.3 is 5.32 Å². The maximum atomic E-state index is 12.8. The Morgan fingerprint density at radius 2 is 1.88 bits per heavy atom. The number of benzene rings is 2. The van der Waals surface area contributed by atoms with Crippen LogP contribution in [0.3, 0.4) is 0 Å². The molecule has 1 fully saturated rings. The molecule has 26 heavy (non-hydrogen) atoms. The zero-order chi connectivity index (χ0) is 18.6. The molecule has 0 unspecified atom stereocenters. The van der Waals surface area contributed by atoms with E-state index in [0.29, 0.717) is 11.4 Å². The van der Waals surface area contributed by atoms with Crippen LogP contribution in [-0.4, -0.2) is 26.1 Å². The minimum absolute atomic E-state index is 0.0294. The van der Waals surface area contributed by atoms with Gasteiger partial charge in [0.25, 0.3) is 0 Å². The molecule has 8 heteroatoms. The third kappa shape index (κ3) is 5.55. The molecule has 3 rings (SSSR count). The van der Waals surface area contributed by atoms with Crippen molar-refractivity contribution >= 4 is 33.4 Å². The number of nitrogens with one attached hydrogen (secondary N) is 2. The molecule has 0 bridgehead atoms. The zero-order valence-corrected chi connectivity index (χ0v) is 15.6. The van der Waals surface area contributed by atoms with E-state index in [1.165, 1.54) is 36.0 Å². The Balaban J connectivity index is 1.52. The highest BCUT2D eigenvalue weighted by Gasteiger charge is 2.28. The van der Waals surface area contributed by atoms with E-state index in [-0.39, 0.29) is 29.1 Å². The molecule has 0 radical (unpaired) electrons. The molecule has 0 aromatic heterocycles. The Morgan fingerprint density at radius 3 is 2.58 bits per heavy atom. The lowest BCUT2D eigenvalue weighted by Crippen LogP contribution is -2.25. The third-order valence-electron chi connectivity index (χ3n) is 3.74. The summed E-state index contributed by atoms with van der Waals surface area (Å²) in [5.74, 6) is 0.0426. The SMILES string of the molecule is O=C(CCSc1ccc(F)cc1)Nc1cccc(S(=O)(=O)NC2CC2)c1. The first-order chi connectivity index (χ1) is 12.4. The summed E-state index contributed by atoms with van der Waals surface area (Å²) in [4.78, 5) is 13.1. The minimum Gasteiger partial charge on any atom is -0.326 e. The summed E-state index contributed by atoms with van der Waals surface area (Å²) in [6.07, 6.45) is 1.99. The normalized spacial score (nSPS) is 14.2. The van der Waals surface area contributed by atoms with E-state index in [2.05, 4.69) is 10.0 Å². The van der Waals surface area contributed by atoms with Crippen molar-refractivity contribution in [1.29, 1.82) is 0 Å². The van der Waals surface area contributed by atoms with Crippen LogP contribution in [0.4, 0.5) is 10.1 Å². The van der Waals surface area contributed by atoms with Gasteiger partial charge in [-0.05, 0) is 55.3 Å². The van der Waals surface area contributed by atoms with Crippen LogP contribution in [0.25, 0.3) is 0 Å². The van der Waals surface area contributed by atoms with E-state index >= 15 is 0 Å². The van der Waals surface area contributed by atoms with E-state index in [1.807, 2.05) is 0 Å². The predicted octanol–water partition coefficient (Wildman–Crippen LogP) is 3.39. The number of amides is 1. The second-order valence-electron chi connectivity index (χ2n) is 6.02. The van der Waals surface area contributed by atoms with Crippen molar-refractivity contribution in [2.24, 2.45) is 0 Å². The van der Waals surface area contributed by atoms with Gasteiger partial charge in [0.1, 0.15) is 5.82 Å². The molecule has 2 aromatic carbocycles. The number of halogens is 1. The first-order valence-corrected chi connectivity index (χ1v) is 10.7. The summed E-state index contributed by atoms with van der Waals surface area (Å²) in [6, 6.07) is 12.3. The topological polar surface area (TPSA) is 75.3 Å². The highest BCUT2D eigenvalue weighted by atomic mass is 32.2. The fourth-order valence-electron chi connectivity index (χ4n) is 2.25. The summed E-state index contributed by atoms with van der Waals surface area (Å²) < 4.78 is 39.9. The van der Waals surface area contributed by atoms with Crippen LogP contribution in [0.2, 0.25) is 0 Å². The van der Waals surface area contributed by atoms with E-state index < -0.39 is 10.0 Å². The first kappa shape index (κ1) is 18.9. The zero-order valence-electron chi connectivity index (χ0n) is 13.9. The van der Waals surface area contributed by atoms with Gasteiger partial charge in [-0.15, -0.1) is 11.8 Å². The molecule has 0 aliphatic heterocycles. The number of carbonyl (C=O) groups is 1. The summed E-state index contributed by atoms with van der Waals surface area (Å²) in [6.45, 7) is 0. The summed E-state index contributed by atoms with van der Waals surface area (Å²) in [5, 5.41) is 2.71. The molecule has 138 valence electrons. The molecule has 5 nitrogen and oxygen atoms in total. The first-order valence-electron chi connectivity index (χ1n) is 8.23. The molecule has 0 heterocycles. The lowest BCUT2D eigenvalue weighted by Gasteiger charge is -2.09. The lowest BCUT2D eigenvalue weighted by molar-refractivity contribution is -0.115. The van der Waals surface area contributed by atoms with Crippen molar-refractivity contribution in [3.05, 3.63) is 54.3 Å². The lowest BCUT2D eigenvalue weighted by atomic mass is 10.3. The summed E-state index contributed by atoms with van der Waals surface area (Å²) in [7, 11) is -3.55. The molecule has 0 spiro atoms. The van der Waals surface area contributed by atoms with Gasteiger partial charge in [-0.3, -0.25) is 4.79 Å². The van der Waals surface area contributed by atoms with Gasteiger partial charge in [-0.1, -0.05) is 6.07 Å². The van der Waals surface area contributed by atoms with Gasteiger partial charge >= 0.3 is 0 Å². The Morgan fingerprint density at radius 1 is 1.15 bits per heavy atom. The minimum atomic E-state index is -3.55. The number of carbonyl (C=O) groups excluding carboxylic acids is 1. The summed E-state index contributed by atoms with van der Waals surface area (Å²) in [5.41, 5.74) is 0.445. The number of hydrogen-bond donors (Lipinski definition) is 2. The van der Waals surface area contributed by atoms with Crippen molar-refractivity contribution < 1.29 is 17.6 Å². The Labute approximate surface area is 156 Å². The molecular formula is C18H19FN2O3S2. The van der Waals surface area contributed by atoms with Gasteiger partial charge in [-0.2, -0.15) is 0 Å². The fourth-order valence-corrected chi connectivity index (χ4v) is 4.45. The van der Waals surface area contributed by atoms with Gasteiger partial charge in [0, 0.05) is 28.8 Å². The van der Waals surface area contributed by atoms with E-state index in [9.17, 15) is 17.6 Å². The third-order valence-corrected chi connectivity index (χ3v) is 6.27. The van der Waals surface area contributed by atoms with Crippen LogP contribution >= 0.6 is 11.8 Å². The molecule has 1 aliphatic carbocycles. The van der Waals surface area contributed by atoms with Crippen molar-refractivity contribution in [2.45, 2.75) is 35.1 Å². The average Bonchev–Trinajstić information content (AvgIpc) is 3.40.